The van der Waals surface area contributed by atoms with Gasteiger partial charge in [0, 0.05) is 18.0 Å². The number of ether oxygens (including phenoxy) is 1. The number of thiophene rings is 2. The van der Waals surface area contributed by atoms with Crippen LogP contribution in [0.5, 0.6) is 0 Å². The number of fused-ring (bicyclic) bond motifs is 1. The van der Waals surface area contributed by atoms with E-state index in [0.717, 1.165) is 47.8 Å². The molecule has 1 N–H and O–H groups in total. The Morgan fingerprint density at radius 2 is 2.04 bits per heavy atom. The Bertz CT molecular complexity index is 851. The van der Waals surface area contributed by atoms with Gasteiger partial charge >= 0.3 is 5.97 Å². The zero-order valence-corrected chi connectivity index (χ0v) is 18.7. The minimum Gasteiger partial charge on any atom is -0.462 e. The molecule has 2 aromatic heterocycles. The molecule has 0 saturated carbocycles. The summed E-state index contributed by atoms with van der Waals surface area (Å²) in [6, 6.07) is 1.53. The summed E-state index contributed by atoms with van der Waals surface area (Å²) in [5.74, 6) is -0.783. The van der Waals surface area contributed by atoms with Gasteiger partial charge < -0.3 is 10.1 Å². The number of carbonyl (C=O) groups is 2. The van der Waals surface area contributed by atoms with Gasteiger partial charge in [-0.2, -0.15) is 0 Å². The number of anilines is 1. The summed E-state index contributed by atoms with van der Waals surface area (Å²) in [6.45, 7) is 6.74. The van der Waals surface area contributed by atoms with E-state index in [0.29, 0.717) is 24.8 Å². The molecule has 27 heavy (non-hydrogen) atoms. The van der Waals surface area contributed by atoms with Crippen molar-refractivity contribution in [3.8, 4) is 0 Å². The van der Waals surface area contributed by atoms with E-state index in [4.69, 9.17) is 27.9 Å². The molecular weight excluding hydrogens is 451 g/mol. The summed E-state index contributed by atoms with van der Waals surface area (Å²) >= 11 is 14.6. The maximum absolute atomic E-state index is 12.6. The van der Waals surface area contributed by atoms with Crippen LogP contribution in [0, 0.1) is 0 Å². The molecule has 5 nitrogen and oxygen atoms in total. The summed E-state index contributed by atoms with van der Waals surface area (Å²) in [5, 5.41) is 3.34. The van der Waals surface area contributed by atoms with E-state index in [1.165, 1.54) is 17.4 Å². The van der Waals surface area contributed by atoms with Gasteiger partial charge in [-0.25, -0.2) is 4.79 Å². The second kappa shape index (κ2) is 9.58. The maximum atomic E-state index is 12.6. The molecule has 0 radical (unpaired) electrons. The Kier molecular flexibility index (Phi) is 7.97. The third-order valence-electron chi connectivity index (χ3n) is 4.19. The number of carbonyl (C=O) groups excluding carboxylic acids is 2. The van der Waals surface area contributed by atoms with Gasteiger partial charge in [0.2, 0.25) is 0 Å². The molecule has 1 aliphatic heterocycles. The highest BCUT2D eigenvalue weighted by atomic mass is 35.5. The van der Waals surface area contributed by atoms with Crippen molar-refractivity contribution in [2.45, 2.75) is 26.8 Å². The second-order valence-corrected chi connectivity index (χ2v) is 9.13. The predicted octanol–water partition coefficient (Wildman–Crippen LogP) is 5.35. The van der Waals surface area contributed by atoms with Crippen molar-refractivity contribution < 1.29 is 14.3 Å². The van der Waals surface area contributed by atoms with Crippen molar-refractivity contribution in [1.82, 2.24) is 4.90 Å². The zero-order valence-electron chi connectivity index (χ0n) is 14.8. The Balaban J connectivity index is 0.00000261. The van der Waals surface area contributed by atoms with Gasteiger partial charge in [-0.1, -0.05) is 30.1 Å². The summed E-state index contributed by atoms with van der Waals surface area (Å²) in [7, 11) is 0. The molecule has 0 atom stereocenters. The Morgan fingerprint density at radius 3 is 2.63 bits per heavy atom. The smallest absolute Gasteiger partial charge is 0.341 e. The molecule has 0 aromatic carbocycles. The van der Waals surface area contributed by atoms with E-state index in [-0.39, 0.29) is 24.9 Å². The van der Waals surface area contributed by atoms with Gasteiger partial charge in [-0.15, -0.1) is 35.1 Å². The van der Waals surface area contributed by atoms with Crippen LogP contribution >= 0.6 is 58.3 Å². The van der Waals surface area contributed by atoms with E-state index < -0.39 is 5.97 Å². The van der Waals surface area contributed by atoms with Gasteiger partial charge in [0.05, 0.1) is 22.1 Å². The molecular formula is C17H19Cl3N2O3S2. The maximum Gasteiger partial charge on any atom is 0.341 e. The third kappa shape index (κ3) is 4.78. The molecule has 2 aromatic rings. The first-order valence-electron chi connectivity index (χ1n) is 8.24. The van der Waals surface area contributed by atoms with Crippen LogP contribution in [0.2, 0.25) is 8.67 Å². The highest BCUT2D eigenvalue weighted by molar-refractivity contribution is 7.20. The van der Waals surface area contributed by atoms with Crippen molar-refractivity contribution in [2.24, 2.45) is 0 Å². The van der Waals surface area contributed by atoms with Gasteiger partial charge in [-0.3, -0.25) is 9.69 Å². The number of amides is 1. The first-order valence-corrected chi connectivity index (χ1v) is 10.6. The van der Waals surface area contributed by atoms with Crippen LogP contribution in [0.1, 0.15) is 45.0 Å². The molecule has 0 saturated heterocycles. The van der Waals surface area contributed by atoms with Gasteiger partial charge in [0.15, 0.2) is 0 Å². The van der Waals surface area contributed by atoms with Crippen molar-refractivity contribution >= 4 is 75.2 Å². The quantitative estimate of drug-likeness (QED) is 0.600. The minimum atomic E-state index is -0.403. The molecule has 10 heteroatoms. The van der Waals surface area contributed by atoms with Crippen molar-refractivity contribution in [3.63, 3.8) is 0 Å². The Labute approximate surface area is 182 Å². The molecule has 3 heterocycles. The van der Waals surface area contributed by atoms with Crippen LogP contribution in [0.25, 0.3) is 0 Å². The monoisotopic (exact) mass is 468 g/mol. The normalized spacial score (nSPS) is 13.6. The molecule has 3 rings (SSSR count). The molecule has 0 spiro atoms. The van der Waals surface area contributed by atoms with E-state index in [1.54, 1.807) is 6.92 Å². The van der Waals surface area contributed by atoms with Crippen LogP contribution in [0.3, 0.4) is 0 Å². The molecule has 1 aliphatic rings. The van der Waals surface area contributed by atoms with Gasteiger partial charge in [0.1, 0.15) is 9.34 Å². The minimum absolute atomic E-state index is 0. The standard InChI is InChI=1S/C17H18Cl2N2O3S2.ClH/c1-3-21-6-5-9-11(8-21)25-16(13(9)17(23)24-4-2)20-15(22)10-7-12(18)26-14(10)19;/h7H,3-6,8H2,1-2H3,(H,20,22);1H. The lowest BCUT2D eigenvalue weighted by Crippen LogP contribution is -2.30. The second-order valence-electron chi connectivity index (χ2n) is 5.74. The average molecular weight is 470 g/mol. The number of halogens is 3. The number of rotatable bonds is 5. The fourth-order valence-corrected chi connectivity index (χ4v) is 5.63. The lowest BCUT2D eigenvalue weighted by atomic mass is 10.0. The van der Waals surface area contributed by atoms with E-state index in [2.05, 4.69) is 17.1 Å². The van der Waals surface area contributed by atoms with Crippen LogP contribution in [-0.2, 0) is 17.7 Å². The molecule has 0 aliphatic carbocycles. The molecule has 148 valence electrons. The number of likely N-dealkylation sites (N-methyl/N-ethyl adjacent to an activating group) is 1. The number of esters is 1. The SMILES string of the molecule is CCOC(=O)c1c(NC(=O)c2cc(Cl)sc2Cl)sc2c1CCN(CC)C2.Cl. The lowest BCUT2D eigenvalue weighted by Gasteiger charge is -2.25. The number of nitrogens with one attached hydrogen (secondary N) is 1. The molecule has 0 fully saturated rings. The topological polar surface area (TPSA) is 58.6 Å². The first-order chi connectivity index (χ1) is 12.4. The van der Waals surface area contributed by atoms with E-state index in [9.17, 15) is 9.59 Å². The molecule has 0 unspecified atom stereocenters. The number of nitrogens with zero attached hydrogens (tertiary/aromatic N) is 1. The molecule has 0 bridgehead atoms. The first kappa shape index (κ1) is 22.5. The van der Waals surface area contributed by atoms with E-state index in [1.807, 2.05) is 0 Å². The predicted molar refractivity (Wildman–Crippen MR) is 114 cm³/mol. The highest BCUT2D eigenvalue weighted by Crippen LogP contribution is 2.39. The van der Waals surface area contributed by atoms with E-state index >= 15 is 0 Å². The van der Waals surface area contributed by atoms with Crippen LogP contribution < -0.4 is 5.32 Å². The van der Waals surface area contributed by atoms with Crippen LogP contribution in [-0.4, -0.2) is 36.5 Å². The lowest BCUT2D eigenvalue weighted by molar-refractivity contribution is 0.0526. The largest absolute Gasteiger partial charge is 0.462 e. The highest BCUT2D eigenvalue weighted by Gasteiger charge is 2.29. The third-order valence-corrected chi connectivity index (χ3v) is 6.81. The van der Waals surface area contributed by atoms with Crippen molar-refractivity contribution in [1.29, 1.82) is 0 Å². The van der Waals surface area contributed by atoms with Crippen molar-refractivity contribution in [3.05, 3.63) is 36.3 Å². The van der Waals surface area contributed by atoms with Crippen LogP contribution in [0.4, 0.5) is 5.00 Å². The fourth-order valence-electron chi connectivity index (χ4n) is 2.90. The van der Waals surface area contributed by atoms with Gasteiger partial charge in [-0.05, 0) is 31.5 Å². The van der Waals surface area contributed by atoms with Crippen molar-refractivity contribution in [2.75, 3.05) is 25.0 Å². The summed E-state index contributed by atoms with van der Waals surface area (Å²) in [5.41, 5.74) is 1.74. The van der Waals surface area contributed by atoms with Crippen LogP contribution in [0.15, 0.2) is 6.07 Å². The van der Waals surface area contributed by atoms with Gasteiger partial charge in [0.25, 0.3) is 5.91 Å². The summed E-state index contributed by atoms with van der Waals surface area (Å²) in [6.07, 6.45) is 0.759. The fraction of sp³-hybridized carbons (Fsp3) is 0.412. The Hall–Kier alpha value is -0.830. The summed E-state index contributed by atoms with van der Waals surface area (Å²) < 4.78 is 5.98. The number of hydrogen-bond donors (Lipinski definition) is 1. The number of hydrogen-bond acceptors (Lipinski definition) is 6. The average Bonchev–Trinajstić information content (AvgIpc) is 3.13. The molecule has 1 amide bonds. The summed E-state index contributed by atoms with van der Waals surface area (Å²) in [4.78, 5) is 28.5. The zero-order chi connectivity index (χ0) is 18.8. The Morgan fingerprint density at radius 1 is 1.30 bits per heavy atom.